The molecular formula is C16H17N3OS. The molecule has 0 aliphatic rings. The van der Waals surface area contributed by atoms with Crippen LogP contribution in [-0.2, 0) is 13.5 Å². The van der Waals surface area contributed by atoms with Crippen LogP contribution in [0.4, 0.5) is 5.13 Å². The number of aryl methyl sites for hydroxylation is 3. The number of anilines is 1. The van der Waals surface area contributed by atoms with E-state index in [0.29, 0.717) is 10.7 Å². The molecule has 0 atom stereocenters. The minimum Gasteiger partial charge on any atom is -0.350 e. The van der Waals surface area contributed by atoms with Gasteiger partial charge in [0.2, 0.25) is 0 Å². The summed E-state index contributed by atoms with van der Waals surface area (Å²) in [5, 5.41) is 4.54. The second-order valence-electron chi connectivity index (χ2n) is 5.00. The zero-order chi connectivity index (χ0) is 15.0. The third-order valence-electron chi connectivity index (χ3n) is 3.59. The number of nitrogens with one attached hydrogen (secondary N) is 1. The molecular weight excluding hydrogens is 282 g/mol. The Morgan fingerprint density at radius 3 is 2.86 bits per heavy atom. The summed E-state index contributed by atoms with van der Waals surface area (Å²) in [4.78, 5) is 18.1. The Hall–Kier alpha value is -2.14. The van der Waals surface area contributed by atoms with Crippen LogP contribution in [0.3, 0.4) is 0 Å². The number of carbonyl (C=O) groups is 1. The first-order valence-corrected chi connectivity index (χ1v) is 7.73. The van der Waals surface area contributed by atoms with Crippen LogP contribution in [0.1, 0.15) is 27.9 Å². The van der Waals surface area contributed by atoms with Gasteiger partial charge in [-0.15, -0.1) is 11.3 Å². The number of benzene rings is 1. The second kappa shape index (κ2) is 5.33. The van der Waals surface area contributed by atoms with E-state index in [4.69, 9.17) is 0 Å². The van der Waals surface area contributed by atoms with E-state index in [1.807, 2.05) is 49.0 Å². The van der Waals surface area contributed by atoms with E-state index in [1.54, 1.807) is 0 Å². The van der Waals surface area contributed by atoms with Gasteiger partial charge in [-0.05, 0) is 19.4 Å². The molecule has 0 aliphatic carbocycles. The van der Waals surface area contributed by atoms with Crippen LogP contribution < -0.4 is 5.32 Å². The van der Waals surface area contributed by atoms with E-state index < -0.39 is 0 Å². The first-order chi connectivity index (χ1) is 10.1. The van der Waals surface area contributed by atoms with Crippen molar-refractivity contribution in [3.8, 4) is 0 Å². The van der Waals surface area contributed by atoms with Gasteiger partial charge < -0.3 is 4.57 Å². The second-order valence-corrected chi connectivity index (χ2v) is 6.20. The van der Waals surface area contributed by atoms with Crippen molar-refractivity contribution >= 4 is 33.3 Å². The molecule has 0 aliphatic heterocycles. The number of carbonyl (C=O) groups excluding carboxylic acids is 1. The van der Waals surface area contributed by atoms with E-state index in [0.717, 1.165) is 27.9 Å². The molecule has 108 valence electrons. The van der Waals surface area contributed by atoms with Crippen molar-refractivity contribution in [2.45, 2.75) is 20.3 Å². The summed E-state index contributed by atoms with van der Waals surface area (Å²) in [5.74, 6) is -0.108. The Morgan fingerprint density at radius 2 is 2.14 bits per heavy atom. The molecule has 21 heavy (non-hydrogen) atoms. The van der Waals surface area contributed by atoms with Gasteiger partial charge in [0.15, 0.2) is 5.13 Å². The molecule has 0 bridgehead atoms. The molecule has 1 N–H and O–H groups in total. The molecule has 3 aromatic rings. The summed E-state index contributed by atoms with van der Waals surface area (Å²) >= 11 is 1.52. The molecule has 0 saturated carbocycles. The fraction of sp³-hybridized carbons (Fsp3) is 0.250. The van der Waals surface area contributed by atoms with Gasteiger partial charge >= 0.3 is 0 Å². The van der Waals surface area contributed by atoms with E-state index in [9.17, 15) is 4.79 Å². The van der Waals surface area contributed by atoms with Gasteiger partial charge in [-0.3, -0.25) is 10.1 Å². The molecule has 3 rings (SSSR count). The summed E-state index contributed by atoms with van der Waals surface area (Å²) in [6.45, 7) is 4.10. The predicted molar refractivity (Wildman–Crippen MR) is 87.1 cm³/mol. The number of thiazole rings is 1. The smallest absolute Gasteiger partial charge is 0.259 e. The maximum atomic E-state index is 12.5. The SMILES string of the molecule is CCc1nc(NC(=O)c2cn(C)c3ccccc23)sc1C. The summed E-state index contributed by atoms with van der Waals surface area (Å²) in [6.07, 6.45) is 2.74. The maximum Gasteiger partial charge on any atom is 0.259 e. The van der Waals surface area contributed by atoms with Crippen LogP contribution in [0.2, 0.25) is 0 Å². The highest BCUT2D eigenvalue weighted by molar-refractivity contribution is 7.15. The zero-order valence-electron chi connectivity index (χ0n) is 12.3. The molecule has 1 aromatic carbocycles. The van der Waals surface area contributed by atoms with Gasteiger partial charge in [0.1, 0.15) is 0 Å². The van der Waals surface area contributed by atoms with Crippen LogP contribution in [-0.4, -0.2) is 15.5 Å². The Morgan fingerprint density at radius 1 is 1.38 bits per heavy atom. The first kappa shape index (κ1) is 13.8. The van der Waals surface area contributed by atoms with Crippen molar-refractivity contribution in [3.63, 3.8) is 0 Å². The Balaban J connectivity index is 1.93. The van der Waals surface area contributed by atoms with Gasteiger partial charge in [0, 0.05) is 29.0 Å². The number of amides is 1. The number of hydrogen-bond donors (Lipinski definition) is 1. The molecule has 4 nitrogen and oxygen atoms in total. The van der Waals surface area contributed by atoms with Gasteiger partial charge in [0.05, 0.1) is 11.3 Å². The first-order valence-electron chi connectivity index (χ1n) is 6.92. The third kappa shape index (κ3) is 2.45. The van der Waals surface area contributed by atoms with E-state index in [-0.39, 0.29) is 5.91 Å². The fourth-order valence-corrected chi connectivity index (χ4v) is 3.39. The molecule has 1 amide bonds. The minimum absolute atomic E-state index is 0.108. The quantitative estimate of drug-likeness (QED) is 0.800. The number of fused-ring (bicyclic) bond motifs is 1. The lowest BCUT2D eigenvalue weighted by Gasteiger charge is -1.99. The molecule has 2 aromatic heterocycles. The number of rotatable bonds is 3. The van der Waals surface area contributed by atoms with Crippen molar-refractivity contribution < 1.29 is 4.79 Å². The Labute approximate surface area is 127 Å². The van der Waals surface area contributed by atoms with Crippen molar-refractivity contribution in [1.82, 2.24) is 9.55 Å². The van der Waals surface area contributed by atoms with Crippen molar-refractivity contribution in [3.05, 3.63) is 46.6 Å². The van der Waals surface area contributed by atoms with Crippen LogP contribution in [0.25, 0.3) is 10.9 Å². The normalized spacial score (nSPS) is 11.0. The van der Waals surface area contributed by atoms with Gasteiger partial charge in [-0.1, -0.05) is 25.1 Å². The highest BCUT2D eigenvalue weighted by Gasteiger charge is 2.15. The monoisotopic (exact) mass is 299 g/mol. The number of hydrogen-bond acceptors (Lipinski definition) is 3. The average Bonchev–Trinajstić information content (AvgIpc) is 3.00. The highest BCUT2D eigenvalue weighted by atomic mass is 32.1. The maximum absolute atomic E-state index is 12.5. The van der Waals surface area contributed by atoms with Gasteiger partial charge in [-0.25, -0.2) is 4.98 Å². The topological polar surface area (TPSA) is 46.9 Å². The molecule has 2 heterocycles. The standard InChI is InChI=1S/C16H17N3OS/c1-4-13-10(2)21-16(17-13)18-15(20)12-9-19(3)14-8-6-5-7-11(12)14/h5-9H,4H2,1-3H3,(H,17,18,20). The van der Waals surface area contributed by atoms with E-state index in [2.05, 4.69) is 17.2 Å². The molecule has 0 radical (unpaired) electrons. The zero-order valence-corrected chi connectivity index (χ0v) is 13.1. The fourth-order valence-electron chi connectivity index (χ4n) is 2.50. The highest BCUT2D eigenvalue weighted by Crippen LogP contribution is 2.25. The molecule has 0 fully saturated rings. The third-order valence-corrected chi connectivity index (χ3v) is 4.52. The van der Waals surface area contributed by atoms with Crippen LogP contribution in [0.15, 0.2) is 30.5 Å². The van der Waals surface area contributed by atoms with Crippen molar-refractivity contribution in [2.75, 3.05) is 5.32 Å². The summed E-state index contributed by atoms with van der Waals surface area (Å²) < 4.78 is 1.97. The Bertz CT molecular complexity index is 816. The summed E-state index contributed by atoms with van der Waals surface area (Å²) in [7, 11) is 1.95. The summed E-state index contributed by atoms with van der Waals surface area (Å²) in [5.41, 5.74) is 2.78. The average molecular weight is 299 g/mol. The summed E-state index contributed by atoms with van der Waals surface area (Å²) in [6, 6.07) is 7.90. The molecule has 0 spiro atoms. The largest absolute Gasteiger partial charge is 0.350 e. The number of nitrogens with zero attached hydrogens (tertiary/aromatic N) is 2. The van der Waals surface area contributed by atoms with Crippen molar-refractivity contribution in [2.24, 2.45) is 7.05 Å². The molecule has 0 unspecified atom stereocenters. The van der Waals surface area contributed by atoms with Gasteiger partial charge in [0.25, 0.3) is 5.91 Å². The lowest BCUT2D eigenvalue weighted by molar-refractivity contribution is 0.102. The Kier molecular flexibility index (Phi) is 3.51. The predicted octanol–water partition coefficient (Wildman–Crippen LogP) is 3.76. The van der Waals surface area contributed by atoms with Crippen molar-refractivity contribution in [1.29, 1.82) is 0 Å². The van der Waals surface area contributed by atoms with Gasteiger partial charge in [-0.2, -0.15) is 0 Å². The van der Waals surface area contributed by atoms with Crippen LogP contribution >= 0.6 is 11.3 Å². The lowest BCUT2D eigenvalue weighted by atomic mass is 10.1. The van der Waals surface area contributed by atoms with E-state index >= 15 is 0 Å². The van der Waals surface area contributed by atoms with Crippen LogP contribution in [0, 0.1) is 6.92 Å². The lowest BCUT2D eigenvalue weighted by Crippen LogP contribution is -2.11. The van der Waals surface area contributed by atoms with E-state index in [1.165, 1.54) is 11.3 Å². The minimum atomic E-state index is -0.108. The number of aromatic nitrogens is 2. The molecule has 0 saturated heterocycles. The molecule has 5 heteroatoms. The number of para-hydroxylation sites is 1. The van der Waals surface area contributed by atoms with Crippen LogP contribution in [0.5, 0.6) is 0 Å².